The lowest BCUT2D eigenvalue weighted by Crippen LogP contribution is -2.40. The summed E-state index contributed by atoms with van der Waals surface area (Å²) < 4.78 is 18.6. The van der Waals surface area contributed by atoms with Crippen molar-refractivity contribution >= 4 is 23.1 Å². The highest BCUT2D eigenvalue weighted by molar-refractivity contribution is 6.10. The number of amides is 1. The van der Waals surface area contributed by atoms with Gasteiger partial charge in [0.05, 0.1) is 12.3 Å². The summed E-state index contributed by atoms with van der Waals surface area (Å²) in [6.07, 6.45) is 1.62. The normalized spacial score (nSPS) is 16.5. The predicted molar refractivity (Wildman–Crippen MR) is 98.8 cm³/mol. The first-order valence-corrected chi connectivity index (χ1v) is 8.18. The summed E-state index contributed by atoms with van der Waals surface area (Å²) in [5.41, 5.74) is 7.28. The number of carbonyl (C=O) groups is 1. The summed E-state index contributed by atoms with van der Waals surface area (Å²) in [6, 6.07) is 14.9. The Labute approximate surface area is 150 Å². The number of nitrogens with two attached hydrogens (primary N) is 1. The number of halogens is 1. The lowest BCUT2D eigenvalue weighted by molar-refractivity contribution is -0.117. The fourth-order valence-electron chi connectivity index (χ4n) is 2.50. The fourth-order valence-corrected chi connectivity index (χ4v) is 2.50. The van der Waals surface area contributed by atoms with Crippen molar-refractivity contribution in [1.29, 1.82) is 0 Å². The van der Waals surface area contributed by atoms with Gasteiger partial charge in [0.1, 0.15) is 17.6 Å². The molecule has 134 valence electrons. The number of carbonyl (C=O) groups excluding carboxylic acids is 1. The number of para-hydroxylation sites is 1. The first-order valence-electron chi connectivity index (χ1n) is 8.18. The van der Waals surface area contributed by atoms with E-state index in [1.807, 2.05) is 37.3 Å². The van der Waals surface area contributed by atoms with Gasteiger partial charge in [-0.05, 0) is 49.4 Å². The summed E-state index contributed by atoms with van der Waals surface area (Å²) >= 11 is 0. The minimum Gasteiger partial charge on any atom is -0.478 e. The van der Waals surface area contributed by atoms with Gasteiger partial charge >= 0.3 is 0 Å². The van der Waals surface area contributed by atoms with Gasteiger partial charge in [0.15, 0.2) is 0 Å². The summed E-state index contributed by atoms with van der Waals surface area (Å²) in [6.45, 7) is 2.26. The molecule has 7 heteroatoms. The molecule has 2 aromatic carbocycles. The van der Waals surface area contributed by atoms with Crippen LogP contribution in [-0.2, 0) is 9.53 Å². The highest BCUT2D eigenvalue weighted by atomic mass is 19.1. The smallest absolute Gasteiger partial charge is 0.239 e. The van der Waals surface area contributed by atoms with E-state index in [-0.39, 0.29) is 17.6 Å². The maximum absolute atomic E-state index is 13.0. The van der Waals surface area contributed by atoms with Crippen LogP contribution in [0.4, 0.5) is 15.8 Å². The second kappa shape index (κ2) is 7.69. The lowest BCUT2D eigenvalue weighted by atomic mass is 10.1. The van der Waals surface area contributed by atoms with Crippen molar-refractivity contribution in [3.8, 4) is 0 Å². The molecule has 0 saturated carbocycles. The number of nitrogens with zero attached hydrogens (tertiary/aromatic N) is 2. The van der Waals surface area contributed by atoms with Gasteiger partial charge < -0.3 is 15.8 Å². The van der Waals surface area contributed by atoms with Gasteiger partial charge in [0.25, 0.3) is 0 Å². The third kappa shape index (κ3) is 3.83. The standard InChI is InChI=1S/C19H19FN4O2/c1-2-26-17-12-16(19(25)22-14-10-8-13(20)9-11-14)18(21)23-24(17)15-6-4-3-5-7-15/h3-12,16H,2H2,1H3,(H2,21,23)(H,22,25). The first-order chi connectivity index (χ1) is 12.6. The minimum absolute atomic E-state index is 0.136. The molecule has 1 unspecified atom stereocenters. The van der Waals surface area contributed by atoms with E-state index in [9.17, 15) is 9.18 Å². The number of benzene rings is 2. The van der Waals surface area contributed by atoms with Gasteiger partial charge in [0, 0.05) is 5.69 Å². The summed E-state index contributed by atoms with van der Waals surface area (Å²) in [5, 5.41) is 8.58. The van der Waals surface area contributed by atoms with Crippen LogP contribution < -0.4 is 16.1 Å². The summed E-state index contributed by atoms with van der Waals surface area (Å²) in [4.78, 5) is 12.6. The Kier molecular flexibility index (Phi) is 5.17. The Bertz CT molecular complexity index is 834. The van der Waals surface area contributed by atoms with E-state index in [1.165, 1.54) is 24.3 Å². The van der Waals surface area contributed by atoms with Gasteiger partial charge in [-0.2, -0.15) is 10.1 Å². The number of hydrogen-bond acceptors (Lipinski definition) is 5. The highest BCUT2D eigenvalue weighted by Crippen LogP contribution is 2.26. The van der Waals surface area contributed by atoms with Crippen LogP contribution in [0.25, 0.3) is 0 Å². The third-order valence-corrected chi connectivity index (χ3v) is 3.74. The molecule has 1 amide bonds. The zero-order chi connectivity index (χ0) is 18.5. The molecular weight excluding hydrogens is 335 g/mol. The van der Waals surface area contributed by atoms with Crippen molar-refractivity contribution in [2.24, 2.45) is 16.8 Å². The van der Waals surface area contributed by atoms with Crippen LogP contribution in [0.5, 0.6) is 0 Å². The highest BCUT2D eigenvalue weighted by Gasteiger charge is 2.29. The Hall–Kier alpha value is -3.35. The molecule has 0 aliphatic carbocycles. The summed E-state index contributed by atoms with van der Waals surface area (Å²) in [7, 11) is 0. The van der Waals surface area contributed by atoms with Crippen LogP contribution in [0.15, 0.2) is 71.7 Å². The SMILES string of the molecule is CCOC1=CC(C(=O)Nc2ccc(F)cc2)C(N)=NN1c1ccccc1. The minimum atomic E-state index is -0.790. The van der Waals surface area contributed by atoms with Crippen molar-refractivity contribution < 1.29 is 13.9 Å². The maximum Gasteiger partial charge on any atom is 0.239 e. The fraction of sp³-hybridized carbons (Fsp3) is 0.158. The molecule has 1 atom stereocenters. The largest absolute Gasteiger partial charge is 0.478 e. The predicted octanol–water partition coefficient (Wildman–Crippen LogP) is 3.05. The van der Waals surface area contributed by atoms with E-state index in [0.717, 1.165) is 5.69 Å². The molecule has 1 aliphatic heterocycles. The molecule has 3 rings (SSSR count). The van der Waals surface area contributed by atoms with E-state index in [2.05, 4.69) is 10.4 Å². The molecule has 3 N–H and O–H groups in total. The monoisotopic (exact) mass is 354 g/mol. The van der Waals surface area contributed by atoms with Crippen molar-refractivity contribution in [3.63, 3.8) is 0 Å². The number of ether oxygens (including phenoxy) is 1. The third-order valence-electron chi connectivity index (χ3n) is 3.74. The van der Waals surface area contributed by atoms with Crippen molar-refractivity contribution in [2.45, 2.75) is 6.92 Å². The van der Waals surface area contributed by atoms with E-state index < -0.39 is 5.92 Å². The van der Waals surface area contributed by atoms with Crippen LogP contribution in [0.1, 0.15) is 6.92 Å². The van der Waals surface area contributed by atoms with E-state index in [1.54, 1.807) is 11.1 Å². The van der Waals surface area contributed by atoms with Gasteiger partial charge in [0.2, 0.25) is 11.8 Å². The molecule has 6 nitrogen and oxygen atoms in total. The van der Waals surface area contributed by atoms with Crippen LogP contribution in [-0.4, -0.2) is 18.3 Å². The maximum atomic E-state index is 13.0. The van der Waals surface area contributed by atoms with Gasteiger partial charge in [-0.3, -0.25) is 4.79 Å². The molecule has 1 heterocycles. The number of anilines is 2. The van der Waals surface area contributed by atoms with Crippen molar-refractivity contribution in [3.05, 3.63) is 72.4 Å². The zero-order valence-electron chi connectivity index (χ0n) is 14.2. The van der Waals surface area contributed by atoms with Crippen LogP contribution >= 0.6 is 0 Å². The van der Waals surface area contributed by atoms with E-state index in [0.29, 0.717) is 18.2 Å². The van der Waals surface area contributed by atoms with E-state index in [4.69, 9.17) is 10.5 Å². The van der Waals surface area contributed by atoms with Crippen molar-refractivity contribution in [1.82, 2.24) is 0 Å². The van der Waals surface area contributed by atoms with Crippen LogP contribution in [0.2, 0.25) is 0 Å². The molecule has 0 saturated heterocycles. The average molecular weight is 354 g/mol. The molecule has 1 aliphatic rings. The molecule has 26 heavy (non-hydrogen) atoms. The number of rotatable bonds is 5. The molecular formula is C19H19FN4O2. The number of amidine groups is 1. The number of hydrogen-bond donors (Lipinski definition) is 2. The Morgan fingerprint density at radius 1 is 1.23 bits per heavy atom. The molecule has 0 bridgehead atoms. The second-order valence-electron chi connectivity index (χ2n) is 5.58. The second-order valence-corrected chi connectivity index (χ2v) is 5.58. The molecule has 0 fully saturated rings. The Morgan fingerprint density at radius 3 is 2.58 bits per heavy atom. The van der Waals surface area contributed by atoms with E-state index >= 15 is 0 Å². The van der Waals surface area contributed by atoms with Crippen molar-refractivity contribution in [2.75, 3.05) is 16.9 Å². The average Bonchev–Trinajstić information content (AvgIpc) is 2.65. The first kappa shape index (κ1) is 17.5. The number of hydrazone groups is 1. The molecule has 2 aromatic rings. The molecule has 0 radical (unpaired) electrons. The summed E-state index contributed by atoms with van der Waals surface area (Å²) in [5.74, 6) is -0.979. The lowest BCUT2D eigenvalue weighted by Gasteiger charge is -2.28. The molecule has 0 aromatic heterocycles. The van der Waals surface area contributed by atoms with Crippen LogP contribution in [0, 0.1) is 11.7 Å². The Balaban J connectivity index is 1.84. The topological polar surface area (TPSA) is 79.9 Å². The van der Waals surface area contributed by atoms with Crippen LogP contribution in [0.3, 0.4) is 0 Å². The Morgan fingerprint density at radius 2 is 1.92 bits per heavy atom. The zero-order valence-corrected chi connectivity index (χ0v) is 14.2. The quantitative estimate of drug-likeness (QED) is 0.865. The van der Waals surface area contributed by atoms with Gasteiger partial charge in [-0.15, -0.1) is 0 Å². The van der Waals surface area contributed by atoms with Gasteiger partial charge in [-0.1, -0.05) is 18.2 Å². The van der Waals surface area contributed by atoms with Gasteiger partial charge in [-0.25, -0.2) is 4.39 Å². The number of nitrogens with one attached hydrogen (secondary N) is 1. The molecule has 0 spiro atoms.